The lowest BCUT2D eigenvalue weighted by Gasteiger charge is -1.99. The predicted octanol–water partition coefficient (Wildman–Crippen LogP) is 0.113. The van der Waals surface area contributed by atoms with Crippen LogP contribution in [0.5, 0.6) is 0 Å². The highest BCUT2D eigenvalue weighted by Gasteiger charge is 2.10. The van der Waals surface area contributed by atoms with Crippen LogP contribution >= 0.6 is 0 Å². The van der Waals surface area contributed by atoms with Gasteiger partial charge < -0.3 is 0 Å². The number of aromatic nitrogens is 5. The maximum absolute atomic E-state index is 11.4. The van der Waals surface area contributed by atoms with Gasteiger partial charge in [-0.3, -0.25) is 9.36 Å². The fourth-order valence-electron chi connectivity index (χ4n) is 1.47. The Hall–Kier alpha value is -1.70. The first-order chi connectivity index (χ1) is 8.50. The Morgan fingerprint density at radius 1 is 1.33 bits per heavy atom. The van der Waals surface area contributed by atoms with Crippen LogP contribution in [0, 0.1) is 0 Å². The summed E-state index contributed by atoms with van der Waals surface area (Å²) in [7, 11) is -1.15. The van der Waals surface area contributed by atoms with Gasteiger partial charge >= 0.3 is 0 Å². The molecule has 0 atom stereocenters. The molecule has 0 unspecified atom stereocenters. The van der Waals surface area contributed by atoms with Crippen molar-refractivity contribution in [3.8, 4) is 11.3 Å². The van der Waals surface area contributed by atoms with Gasteiger partial charge in [0.05, 0.1) is 24.7 Å². The second-order valence-corrected chi connectivity index (χ2v) is 6.48. The summed E-state index contributed by atoms with van der Waals surface area (Å²) in [4.78, 5) is 0. The predicted molar refractivity (Wildman–Crippen MR) is 66.6 cm³/mol. The van der Waals surface area contributed by atoms with Crippen molar-refractivity contribution in [1.29, 1.82) is 0 Å². The molecule has 98 valence electrons. The molecule has 0 aromatic carbocycles. The largest absolute Gasteiger partial charge is 0.275 e. The zero-order chi connectivity index (χ0) is 13.2. The second kappa shape index (κ2) is 4.89. The Balaban J connectivity index is 2.07. The fourth-order valence-corrected chi connectivity index (χ4v) is 2.22. The minimum absolute atomic E-state index is 0.0827. The van der Waals surface area contributed by atoms with Gasteiger partial charge in [-0.25, -0.2) is 8.42 Å². The molecule has 7 nitrogen and oxygen atoms in total. The van der Waals surface area contributed by atoms with Crippen molar-refractivity contribution in [3.05, 3.63) is 18.6 Å². The van der Waals surface area contributed by atoms with Gasteiger partial charge in [0.1, 0.15) is 5.69 Å². The first-order valence-electron chi connectivity index (χ1n) is 5.60. The Morgan fingerprint density at radius 3 is 2.72 bits per heavy atom. The van der Waals surface area contributed by atoms with Crippen LogP contribution in [-0.2, 0) is 23.4 Å². The minimum atomic E-state index is -2.97. The Labute approximate surface area is 105 Å². The van der Waals surface area contributed by atoms with Crippen molar-refractivity contribution < 1.29 is 8.42 Å². The second-order valence-electron chi connectivity index (χ2n) is 4.01. The molecular formula is C10H15N5O2S. The third-order valence-corrected chi connectivity index (χ3v) is 4.29. The molecule has 0 aliphatic rings. The highest BCUT2D eigenvalue weighted by atomic mass is 32.2. The average molecular weight is 269 g/mol. The molecule has 0 bridgehead atoms. The van der Waals surface area contributed by atoms with Crippen LogP contribution in [0.15, 0.2) is 18.6 Å². The normalized spacial score (nSPS) is 11.9. The zero-order valence-electron chi connectivity index (χ0n) is 10.3. The molecule has 2 aromatic heterocycles. The monoisotopic (exact) mass is 269 g/mol. The number of hydrogen-bond acceptors (Lipinski definition) is 5. The minimum Gasteiger partial charge on any atom is -0.275 e. The summed E-state index contributed by atoms with van der Waals surface area (Å²) in [6, 6.07) is 0. The van der Waals surface area contributed by atoms with Gasteiger partial charge in [0.15, 0.2) is 9.84 Å². The van der Waals surface area contributed by atoms with Crippen molar-refractivity contribution >= 4 is 9.84 Å². The lowest BCUT2D eigenvalue weighted by Crippen LogP contribution is -2.14. The van der Waals surface area contributed by atoms with Gasteiger partial charge in [0.25, 0.3) is 0 Å². The van der Waals surface area contributed by atoms with Crippen LogP contribution in [-0.4, -0.2) is 44.7 Å². The van der Waals surface area contributed by atoms with E-state index in [-0.39, 0.29) is 11.5 Å². The van der Waals surface area contributed by atoms with E-state index in [1.807, 2.05) is 13.2 Å². The zero-order valence-corrected chi connectivity index (χ0v) is 11.1. The summed E-state index contributed by atoms with van der Waals surface area (Å²) in [6.07, 6.45) is 5.25. The van der Waals surface area contributed by atoms with Crippen LogP contribution in [0.1, 0.15) is 6.92 Å². The summed E-state index contributed by atoms with van der Waals surface area (Å²) in [5, 5.41) is 11.9. The molecule has 2 rings (SSSR count). The van der Waals surface area contributed by atoms with E-state index in [0.29, 0.717) is 12.2 Å². The number of aryl methyl sites for hydroxylation is 2. The molecule has 18 heavy (non-hydrogen) atoms. The molecule has 0 saturated carbocycles. The van der Waals surface area contributed by atoms with Crippen molar-refractivity contribution in [3.63, 3.8) is 0 Å². The van der Waals surface area contributed by atoms with Gasteiger partial charge in [-0.1, -0.05) is 12.1 Å². The van der Waals surface area contributed by atoms with E-state index in [9.17, 15) is 8.42 Å². The number of hydrogen-bond donors (Lipinski definition) is 0. The molecule has 2 aromatic rings. The van der Waals surface area contributed by atoms with Crippen molar-refractivity contribution in [2.45, 2.75) is 13.5 Å². The molecule has 0 amide bonds. The van der Waals surface area contributed by atoms with Crippen molar-refractivity contribution in [2.75, 3.05) is 11.5 Å². The highest BCUT2D eigenvalue weighted by molar-refractivity contribution is 7.91. The van der Waals surface area contributed by atoms with Gasteiger partial charge in [0, 0.05) is 24.6 Å². The molecule has 8 heteroatoms. The van der Waals surface area contributed by atoms with Crippen molar-refractivity contribution in [1.82, 2.24) is 24.8 Å². The summed E-state index contributed by atoms with van der Waals surface area (Å²) < 4.78 is 26.0. The fraction of sp³-hybridized carbons (Fsp3) is 0.500. The maximum atomic E-state index is 11.4. The summed E-state index contributed by atoms with van der Waals surface area (Å²) in [5.41, 5.74) is 1.55. The van der Waals surface area contributed by atoms with Gasteiger partial charge in [0.2, 0.25) is 0 Å². The molecule has 0 aliphatic carbocycles. The van der Waals surface area contributed by atoms with Crippen LogP contribution in [0.3, 0.4) is 0 Å². The molecule has 0 aliphatic heterocycles. The van der Waals surface area contributed by atoms with Gasteiger partial charge in [-0.05, 0) is 0 Å². The molecule has 0 radical (unpaired) electrons. The Morgan fingerprint density at radius 2 is 2.11 bits per heavy atom. The Kier molecular flexibility index (Phi) is 3.46. The van der Waals surface area contributed by atoms with Gasteiger partial charge in [-0.2, -0.15) is 5.10 Å². The smallest absolute Gasteiger partial charge is 0.151 e. The summed E-state index contributed by atoms with van der Waals surface area (Å²) in [5.74, 6) is 0.233. The average Bonchev–Trinajstić information content (AvgIpc) is 2.95. The van der Waals surface area contributed by atoms with E-state index in [0.717, 1.165) is 5.56 Å². The number of sulfone groups is 1. The molecule has 0 spiro atoms. The van der Waals surface area contributed by atoms with E-state index in [1.165, 1.54) is 4.68 Å². The van der Waals surface area contributed by atoms with Crippen LogP contribution in [0.4, 0.5) is 0 Å². The molecular weight excluding hydrogens is 254 g/mol. The third kappa shape index (κ3) is 2.95. The number of nitrogens with zero attached hydrogens (tertiary/aromatic N) is 5. The maximum Gasteiger partial charge on any atom is 0.151 e. The molecule has 0 saturated heterocycles. The quantitative estimate of drug-likeness (QED) is 0.769. The van der Waals surface area contributed by atoms with Crippen LogP contribution in [0.2, 0.25) is 0 Å². The van der Waals surface area contributed by atoms with E-state index < -0.39 is 9.84 Å². The van der Waals surface area contributed by atoms with E-state index >= 15 is 0 Å². The topological polar surface area (TPSA) is 82.7 Å². The standard InChI is InChI=1S/C10H15N5O2S/c1-3-18(16,17)5-4-15-8-10(12-13-15)9-6-11-14(2)7-9/h6-8H,3-5H2,1-2H3. The lowest BCUT2D eigenvalue weighted by atomic mass is 10.3. The van der Waals surface area contributed by atoms with E-state index in [4.69, 9.17) is 0 Å². The summed E-state index contributed by atoms with van der Waals surface area (Å²) >= 11 is 0. The molecule has 0 N–H and O–H groups in total. The SMILES string of the molecule is CCS(=O)(=O)CCn1cc(-c2cnn(C)c2)nn1. The first-order valence-corrected chi connectivity index (χ1v) is 7.42. The lowest BCUT2D eigenvalue weighted by molar-refractivity contribution is 0.576. The van der Waals surface area contributed by atoms with E-state index in [2.05, 4.69) is 15.4 Å². The third-order valence-electron chi connectivity index (χ3n) is 2.61. The van der Waals surface area contributed by atoms with Crippen LogP contribution < -0.4 is 0 Å². The van der Waals surface area contributed by atoms with E-state index in [1.54, 1.807) is 24.0 Å². The highest BCUT2D eigenvalue weighted by Crippen LogP contribution is 2.13. The number of rotatable bonds is 5. The van der Waals surface area contributed by atoms with Crippen LogP contribution in [0.25, 0.3) is 11.3 Å². The Bertz CT molecular complexity index is 628. The molecule has 0 fully saturated rings. The first kappa shape index (κ1) is 12.7. The summed E-state index contributed by atoms with van der Waals surface area (Å²) in [6.45, 7) is 1.96. The van der Waals surface area contributed by atoms with Crippen molar-refractivity contribution in [2.24, 2.45) is 7.05 Å². The van der Waals surface area contributed by atoms with Gasteiger partial charge in [-0.15, -0.1) is 5.10 Å². The molecule has 2 heterocycles.